The average Bonchev–Trinajstić information content (AvgIpc) is 2.46. The maximum Gasteiger partial charge on any atom is 0.416 e. The van der Waals surface area contributed by atoms with E-state index in [0.29, 0.717) is 0 Å². The van der Waals surface area contributed by atoms with Crippen molar-refractivity contribution in [2.45, 2.75) is 12.6 Å². The Labute approximate surface area is 124 Å². The third-order valence-electron chi connectivity index (χ3n) is 3.06. The van der Waals surface area contributed by atoms with Crippen LogP contribution in [0.2, 0.25) is 0 Å². The molecule has 0 atom stereocenters. The molecule has 0 aliphatic heterocycles. The van der Waals surface area contributed by atoms with Gasteiger partial charge in [-0.25, -0.2) is 0 Å². The zero-order chi connectivity index (χ0) is 16.3. The summed E-state index contributed by atoms with van der Waals surface area (Å²) in [5, 5.41) is 8.83. The molecule has 0 spiro atoms. The van der Waals surface area contributed by atoms with Crippen LogP contribution < -0.4 is 0 Å². The standard InChI is InChI=1S/C16H11F3O3/c17-16(18,19)12-6-3-5-11(8-12)15(22)13-7-2-1-4-10(13)9-14(20)21/h1-8H,9H2,(H,20,21). The van der Waals surface area contributed by atoms with E-state index in [-0.39, 0.29) is 23.1 Å². The SMILES string of the molecule is O=C(O)Cc1ccccc1C(=O)c1cccc(C(F)(F)F)c1. The third-order valence-corrected chi connectivity index (χ3v) is 3.06. The van der Waals surface area contributed by atoms with Gasteiger partial charge in [-0.2, -0.15) is 13.2 Å². The normalized spacial score (nSPS) is 11.2. The van der Waals surface area contributed by atoms with Crippen molar-refractivity contribution in [1.29, 1.82) is 0 Å². The highest BCUT2D eigenvalue weighted by Crippen LogP contribution is 2.30. The Bertz CT molecular complexity index is 721. The van der Waals surface area contributed by atoms with Gasteiger partial charge in [0.1, 0.15) is 0 Å². The monoisotopic (exact) mass is 308 g/mol. The van der Waals surface area contributed by atoms with Gasteiger partial charge in [-0.05, 0) is 17.7 Å². The number of hydrogen-bond acceptors (Lipinski definition) is 2. The lowest BCUT2D eigenvalue weighted by Crippen LogP contribution is -2.11. The molecule has 0 saturated carbocycles. The highest BCUT2D eigenvalue weighted by Gasteiger charge is 2.31. The third kappa shape index (κ3) is 3.52. The van der Waals surface area contributed by atoms with Gasteiger partial charge >= 0.3 is 12.1 Å². The fourth-order valence-corrected chi connectivity index (χ4v) is 2.05. The van der Waals surface area contributed by atoms with E-state index in [0.717, 1.165) is 18.2 Å². The number of aliphatic carboxylic acids is 1. The average molecular weight is 308 g/mol. The van der Waals surface area contributed by atoms with Gasteiger partial charge in [0.15, 0.2) is 5.78 Å². The van der Waals surface area contributed by atoms with Crippen molar-refractivity contribution in [3.05, 3.63) is 70.8 Å². The Morgan fingerprint density at radius 2 is 1.68 bits per heavy atom. The second-order valence-corrected chi connectivity index (χ2v) is 4.64. The van der Waals surface area contributed by atoms with E-state index in [1.54, 1.807) is 6.07 Å². The number of carbonyl (C=O) groups excluding carboxylic acids is 1. The zero-order valence-corrected chi connectivity index (χ0v) is 11.2. The first-order valence-corrected chi connectivity index (χ1v) is 6.30. The number of alkyl halides is 3. The quantitative estimate of drug-likeness (QED) is 0.879. The predicted molar refractivity (Wildman–Crippen MR) is 72.7 cm³/mol. The van der Waals surface area contributed by atoms with E-state index >= 15 is 0 Å². The van der Waals surface area contributed by atoms with Crippen molar-refractivity contribution in [2.75, 3.05) is 0 Å². The Hall–Kier alpha value is -2.63. The van der Waals surface area contributed by atoms with Gasteiger partial charge in [0.05, 0.1) is 12.0 Å². The number of benzene rings is 2. The van der Waals surface area contributed by atoms with Crippen molar-refractivity contribution >= 4 is 11.8 Å². The molecule has 114 valence electrons. The van der Waals surface area contributed by atoms with Crippen molar-refractivity contribution < 1.29 is 27.9 Å². The van der Waals surface area contributed by atoms with Gasteiger partial charge in [-0.15, -0.1) is 0 Å². The lowest BCUT2D eigenvalue weighted by Gasteiger charge is -2.10. The molecule has 6 heteroatoms. The van der Waals surface area contributed by atoms with Gasteiger partial charge in [0, 0.05) is 11.1 Å². The van der Waals surface area contributed by atoms with Crippen molar-refractivity contribution in [3.63, 3.8) is 0 Å². The summed E-state index contributed by atoms with van der Waals surface area (Å²) in [6, 6.07) is 10.0. The number of ketones is 1. The Morgan fingerprint density at radius 1 is 1.00 bits per heavy atom. The van der Waals surface area contributed by atoms with Crippen LogP contribution in [-0.4, -0.2) is 16.9 Å². The number of halogens is 3. The van der Waals surface area contributed by atoms with Crippen LogP contribution in [0.25, 0.3) is 0 Å². The van der Waals surface area contributed by atoms with Gasteiger partial charge in [-0.3, -0.25) is 9.59 Å². The first-order chi connectivity index (χ1) is 10.3. The fourth-order valence-electron chi connectivity index (χ4n) is 2.05. The van der Waals surface area contributed by atoms with Crippen LogP contribution in [0.4, 0.5) is 13.2 Å². The van der Waals surface area contributed by atoms with Gasteiger partial charge in [0.25, 0.3) is 0 Å². The second kappa shape index (κ2) is 6.01. The van der Waals surface area contributed by atoms with Gasteiger partial charge < -0.3 is 5.11 Å². The number of carbonyl (C=O) groups is 2. The molecule has 0 amide bonds. The summed E-state index contributed by atoms with van der Waals surface area (Å²) in [5.41, 5.74) is -0.705. The summed E-state index contributed by atoms with van der Waals surface area (Å²) < 4.78 is 38.1. The van der Waals surface area contributed by atoms with Crippen LogP contribution >= 0.6 is 0 Å². The lowest BCUT2D eigenvalue weighted by molar-refractivity contribution is -0.138. The molecule has 1 N–H and O–H groups in total. The first-order valence-electron chi connectivity index (χ1n) is 6.30. The molecule has 0 bridgehead atoms. The molecule has 2 aromatic rings. The van der Waals surface area contributed by atoms with Crippen LogP contribution in [0.1, 0.15) is 27.0 Å². The van der Waals surface area contributed by atoms with E-state index in [4.69, 9.17) is 5.11 Å². The molecular formula is C16H11F3O3. The molecule has 2 rings (SSSR count). The summed E-state index contributed by atoms with van der Waals surface area (Å²) in [7, 11) is 0. The lowest BCUT2D eigenvalue weighted by atomic mass is 9.95. The molecule has 22 heavy (non-hydrogen) atoms. The van der Waals surface area contributed by atoms with E-state index in [1.165, 1.54) is 24.3 Å². The second-order valence-electron chi connectivity index (χ2n) is 4.64. The fraction of sp³-hybridized carbons (Fsp3) is 0.125. The zero-order valence-electron chi connectivity index (χ0n) is 11.2. The van der Waals surface area contributed by atoms with Crippen molar-refractivity contribution in [3.8, 4) is 0 Å². The Morgan fingerprint density at radius 3 is 2.32 bits per heavy atom. The molecule has 0 fully saturated rings. The summed E-state index contributed by atoms with van der Waals surface area (Å²) in [5.74, 6) is -1.76. The summed E-state index contributed by atoms with van der Waals surface area (Å²) in [6.07, 6.45) is -4.92. The topological polar surface area (TPSA) is 54.4 Å². The highest BCUT2D eigenvalue weighted by atomic mass is 19.4. The molecular weight excluding hydrogens is 297 g/mol. The van der Waals surface area contributed by atoms with E-state index in [9.17, 15) is 22.8 Å². The van der Waals surface area contributed by atoms with E-state index in [2.05, 4.69) is 0 Å². The Kier molecular flexibility index (Phi) is 4.30. The van der Waals surface area contributed by atoms with E-state index < -0.39 is 23.5 Å². The molecule has 0 aromatic heterocycles. The molecule has 0 aliphatic carbocycles. The van der Waals surface area contributed by atoms with Gasteiger partial charge in [-0.1, -0.05) is 36.4 Å². The Balaban J connectivity index is 2.43. The smallest absolute Gasteiger partial charge is 0.416 e. The van der Waals surface area contributed by atoms with Crippen molar-refractivity contribution in [1.82, 2.24) is 0 Å². The number of hydrogen-bond donors (Lipinski definition) is 1. The van der Waals surface area contributed by atoms with Crippen LogP contribution in [-0.2, 0) is 17.4 Å². The van der Waals surface area contributed by atoms with Crippen molar-refractivity contribution in [2.24, 2.45) is 0 Å². The minimum atomic E-state index is -4.54. The minimum absolute atomic E-state index is 0.0872. The van der Waals surface area contributed by atoms with Crippen LogP contribution in [0.15, 0.2) is 48.5 Å². The number of carboxylic acids is 1. The summed E-state index contributed by atoms with van der Waals surface area (Å²) in [4.78, 5) is 23.2. The molecule has 0 heterocycles. The highest BCUT2D eigenvalue weighted by molar-refractivity contribution is 6.10. The summed E-state index contributed by atoms with van der Waals surface area (Å²) in [6.45, 7) is 0. The molecule has 2 aromatic carbocycles. The van der Waals surface area contributed by atoms with Crippen LogP contribution in [0, 0.1) is 0 Å². The maximum absolute atomic E-state index is 12.7. The largest absolute Gasteiger partial charge is 0.481 e. The van der Waals surface area contributed by atoms with E-state index in [1.807, 2.05) is 0 Å². The molecule has 0 aliphatic rings. The minimum Gasteiger partial charge on any atom is -0.481 e. The first kappa shape index (κ1) is 15.8. The molecule has 3 nitrogen and oxygen atoms in total. The molecule has 0 radical (unpaired) electrons. The number of carboxylic acid groups (broad SMARTS) is 1. The maximum atomic E-state index is 12.7. The van der Waals surface area contributed by atoms with Crippen LogP contribution in [0.3, 0.4) is 0 Å². The molecule has 0 saturated heterocycles. The molecule has 0 unspecified atom stereocenters. The predicted octanol–water partition coefficient (Wildman–Crippen LogP) is 3.56. The number of rotatable bonds is 4. The van der Waals surface area contributed by atoms with Crippen LogP contribution in [0.5, 0.6) is 0 Å². The summed E-state index contributed by atoms with van der Waals surface area (Å²) >= 11 is 0. The van der Waals surface area contributed by atoms with Gasteiger partial charge in [0.2, 0.25) is 0 Å².